The van der Waals surface area contributed by atoms with E-state index >= 15 is 0 Å². The predicted octanol–water partition coefficient (Wildman–Crippen LogP) is 3.08. The number of halogens is 1. The van der Waals surface area contributed by atoms with Crippen molar-refractivity contribution in [3.05, 3.63) is 28.5 Å². The van der Waals surface area contributed by atoms with E-state index in [4.69, 9.17) is 0 Å². The second-order valence-electron chi connectivity index (χ2n) is 7.39. The van der Waals surface area contributed by atoms with Gasteiger partial charge in [-0.2, -0.15) is 0 Å². The van der Waals surface area contributed by atoms with Crippen molar-refractivity contribution in [1.82, 2.24) is 20.6 Å². The number of hydrogen-bond donors (Lipinski definition) is 3. The van der Waals surface area contributed by atoms with Gasteiger partial charge in [0.05, 0.1) is 5.56 Å². The van der Waals surface area contributed by atoms with Crippen molar-refractivity contribution in [3.8, 4) is 0 Å². The highest BCUT2D eigenvalue weighted by molar-refractivity contribution is 9.10. The maximum absolute atomic E-state index is 12.7. The van der Waals surface area contributed by atoms with Gasteiger partial charge in [-0.3, -0.25) is 4.79 Å². The lowest BCUT2D eigenvalue weighted by Gasteiger charge is -2.41. The van der Waals surface area contributed by atoms with Crippen LogP contribution in [0.1, 0.15) is 37.6 Å². The van der Waals surface area contributed by atoms with Gasteiger partial charge in [-0.1, -0.05) is 20.8 Å². The molecule has 23 heavy (non-hydrogen) atoms. The van der Waals surface area contributed by atoms with Crippen molar-refractivity contribution in [1.29, 1.82) is 0 Å². The van der Waals surface area contributed by atoms with Crippen LogP contribution in [0.3, 0.4) is 0 Å². The smallest absolute Gasteiger partial charge is 0.253 e. The lowest BCUT2D eigenvalue weighted by atomic mass is 9.66. The number of nitrogens with zero attached hydrogens (tertiary/aromatic N) is 1. The summed E-state index contributed by atoms with van der Waals surface area (Å²) < 4.78 is 0.866. The summed E-state index contributed by atoms with van der Waals surface area (Å²) in [6.07, 6.45) is 4.53. The first-order valence-electron chi connectivity index (χ1n) is 7.94. The van der Waals surface area contributed by atoms with Gasteiger partial charge in [0, 0.05) is 40.8 Å². The Morgan fingerprint density at radius 3 is 2.91 bits per heavy atom. The third kappa shape index (κ3) is 3.02. The average Bonchev–Trinajstić information content (AvgIpc) is 3.11. The van der Waals surface area contributed by atoms with Crippen molar-refractivity contribution < 1.29 is 4.79 Å². The van der Waals surface area contributed by atoms with E-state index in [0.717, 1.165) is 35.0 Å². The molecule has 1 fully saturated rings. The zero-order valence-electron chi connectivity index (χ0n) is 13.8. The first kappa shape index (κ1) is 16.5. The molecule has 2 aromatic heterocycles. The van der Waals surface area contributed by atoms with Gasteiger partial charge >= 0.3 is 0 Å². The van der Waals surface area contributed by atoms with Gasteiger partial charge in [-0.15, -0.1) is 0 Å². The van der Waals surface area contributed by atoms with Crippen LogP contribution >= 0.6 is 15.9 Å². The minimum Gasteiger partial charge on any atom is -0.351 e. The molecule has 1 amide bonds. The fraction of sp³-hybridized carbons (Fsp3) is 0.529. The van der Waals surface area contributed by atoms with Crippen molar-refractivity contribution in [3.63, 3.8) is 0 Å². The molecule has 6 heteroatoms. The molecule has 3 N–H and O–H groups in total. The Morgan fingerprint density at radius 1 is 1.48 bits per heavy atom. The number of pyridine rings is 1. The minimum atomic E-state index is -0.0494. The van der Waals surface area contributed by atoms with Crippen LogP contribution in [0, 0.1) is 10.8 Å². The maximum atomic E-state index is 12.7. The van der Waals surface area contributed by atoms with Crippen molar-refractivity contribution in [2.75, 3.05) is 19.6 Å². The molecule has 0 aromatic carbocycles. The summed E-state index contributed by atoms with van der Waals surface area (Å²) in [5.41, 5.74) is 1.59. The molecule has 1 atom stereocenters. The molecular weight excluding hydrogens is 356 g/mol. The fourth-order valence-electron chi connectivity index (χ4n) is 3.31. The monoisotopic (exact) mass is 378 g/mol. The molecule has 1 unspecified atom stereocenters. The molecule has 124 valence electrons. The van der Waals surface area contributed by atoms with Gasteiger partial charge in [0.15, 0.2) is 0 Å². The molecule has 1 aliphatic rings. The number of aromatic nitrogens is 2. The van der Waals surface area contributed by atoms with Crippen LogP contribution in [0.15, 0.2) is 22.9 Å². The Hall–Kier alpha value is -1.40. The summed E-state index contributed by atoms with van der Waals surface area (Å²) in [6.45, 7) is 9.38. The molecule has 3 rings (SSSR count). The van der Waals surface area contributed by atoms with E-state index in [1.54, 1.807) is 12.4 Å². The third-order valence-electron chi connectivity index (χ3n) is 5.16. The van der Waals surface area contributed by atoms with Crippen LogP contribution in [-0.4, -0.2) is 35.5 Å². The number of H-pyrrole nitrogens is 1. The summed E-state index contributed by atoms with van der Waals surface area (Å²) in [7, 11) is 0. The lowest BCUT2D eigenvalue weighted by Crippen LogP contribution is -2.47. The van der Waals surface area contributed by atoms with Crippen LogP contribution < -0.4 is 10.6 Å². The highest BCUT2D eigenvalue weighted by atomic mass is 79.9. The number of nitrogens with one attached hydrogen (secondary N) is 3. The Kier molecular flexibility index (Phi) is 4.23. The van der Waals surface area contributed by atoms with Crippen LogP contribution in [0.2, 0.25) is 0 Å². The molecule has 0 saturated carbocycles. The molecule has 5 nitrogen and oxygen atoms in total. The molecule has 3 heterocycles. The topological polar surface area (TPSA) is 69.8 Å². The summed E-state index contributed by atoms with van der Waals surface area (Å²) in [5, 5.41) is 7.42. The molecular formula is C17H23BrN4O. The Morgan fingerprint density at radius 2 is 2.26 bits per heavy atom. The Labute approximate surface area is 144 Å². The molecule has 0 spiro atoms. The number of rotatable bonds is 3. The third-order valence-corrected chi connectivity index (χ3v) is 5.60. The number of fused-ring (bicyclic) bond motifs is 1. The standard InChI is InChI=1S/C17H23BrN4O/c1-16(2,3)17(4-5-19-9-17)10-22-15(23)13-8-21-14-12(13)6-11(18)7-20-14/h6-8,19H,4-5,9-10H2,1-3H3,(H,20,21)(H,22,23). The van der Waals surface area contributed by atoms with E-state index in [-0.39, 0.29) is 16.7 Å². The van der Waals surface area contributed by atoms with Crippen LogP contribution in [-0.2, 0) is 0 Å². The second-order valence-corrected chi connectivity index (χ2v) is 8.31. The van der Waals surface area contributed by atoms with E-state index in [1.807, 2.05) is 6.07 Å². The first-order valence-corrected chi connectivity index (χ1v) is 8.73. The molecule has 1 saturated heterocycles. The number of amides is 1. The van der Waals surface area contributed by atoms with Gasteiger partial charge in [0.25, 0.3) is 5.91 Å². The summed E-state index contributed by atoms with van der Waals surface area (Å²) in [5.74, 6) is -0.0494. The molecule has 2 aromatic rings. The van der Waals surface area contributed by atoms with Gasteiger partial charge < -0.3 is 15.6 Å². The minimum absolute atomic E-state index is 0.0494. The van der Waals surface area contributed by atoms with Gasteiger partial charge in [-0.05, 0) is 40.4 Å². The van der Waals surface area contributed by atoms with Crippen LogP contribution in [0.25, 0.3) is 11.0 Å². The SMILES string of the molecule is CC(C)(C)C1(CNC(=O)c2c[nH]c3ncc(Br)cc23)CCNC1. The highest BCUT2D eigenvalue weighted by Gasteiger charge is 2.44. The van der Waals surface area contributed by atoms with Gasteiger partial charge in [0.1, 0.15) is 5.65 Å². The quantitative estimate of drug-likeness (QED) is 0.768. The van der Waals surface area contributed by atoms with E-state index in [9.17, 15) is 4.79 Å². The van der Waals surface area contributed by atoms with E-state index in [2.05, 4.69) is 57.3 Å². The maximum Gasteiger partial charge on any atom is 0.253 e. The van der Waals surface area contributed by atoms with E-state index < -0.39 is 0 Å². The molecule has 1 aliphatic heterocycles. The molecule has 0 radical (unpaired) electrons. The Balaban J connectivity index is 1.80. The summed E-state index contributed by atoms with van der Waals surface area (Å²) in [6, 6.07) is 1.92. The molecule has 0 bridgehead atoms. The zero-order chi connectivity index (χ0) is 16.7. The van der Waals surface area contributed by atoms with Gasteiger partial charge in [0.2, 0.25) is 0 Å². The lowest BCUT2D eigenvalue weighted by molar-refractivity contribution is 0.0821. The number of aromatic amines is 1. The largest absolute Gasteiger partial charge is 0.351 e. The average molecular weight is 379 g/mol. The number of carbonyl (C=O) groups is 1. The van der Waals surface area contributed by atoms with E-state index in [0.29, 0.717) is 12.1 Å². The second kappa shape index (κ2) is 5.91. The van der Waals surface area contributed by atoms with Crippen LogP contribution in [0.5, 0.6) is 0 Å². The highest BCUT2D eigenvalue weighted by Crippen LogP contribution is 2.42. The normalized spacial score (nSPS) is 21.7. The first-order chi connectivity index (χ1) is 10.8. The van der Waals surface area contributed by atoms with Crippen molar-refractivity contribution in [2.45, 2.75) is 27.2 Å². The summed E-state index contributed by atoms with van der Waals surface area (Å²) >= 11 is 3.41. The molecule has 0 aliphatic carbocycles. The number of carbonyl (C=O) groups excluding carboxylic acids is 1. The predicted molar refractivity (Wildman–Crippen MR) is 95.5 cm³/mol. The fourth-order valence-corrected chi connectivity index (χ4v) is 3.64. The number of hydrogen-bond acceptors (Lipinski definition) is 3. The van der Waals surface area contributed by atoms with Crippen LogP contribution in [0.4, 0.5) is 0 Å². The van der Waals surface area contributed by atoms with Crippen molar-refractivity contribution in [2.24, 2.45) is 10.8 Å². The van der Waals surface area contributed by atoms with E-state index in [1.165, 1.54) is 0 Å². The Bertz CT molecular complexity index is 726. The zero-order valence-corrected chi connectivity index (χ0v) is 15.4. The van der Waals surface area contributed by atoms with Crippen molar-refractivity contribution >= 4 is 32.9 Å². The van der Waals surface area contributed by atoms with Gasteiger partial charge in [-0.25, -0.2) is 4.98 Å². The summed E-state index contributed by atoms with van der Waals surface area (Å²) in [4.78, 5) is 20.0.